The minimum Gasteiger partial charge on any atom is -0.313 e. The van der Waals surface area contributed by atoms with Crippen LogP contribution in [-0.4, -0.2) is 23.3 Å². The number of nitrogens with zero attached hydrogens (tertiary/aromatic N) is 1. The Balaban J connectivity index is 1.91. The van der Waals surface area contributed by atoms with Gasteiger partial charge in [0.05, 0.1) is 5.02 Å². The van der Waals surface area contributed by atoms with E-state index in [2.05, 4.69) is 17.2 Å². The van der Waals surface area contributed by atoms with Crippen LogP contribution < -0.4 is 5.32 Å². The Labute approximate surface area is 125 Å². The van der Waals surface area contributed by atoms with E-state index in [4.69, 9.17) is 11.6 Å². The first-order valence-corrected chi connectivity index (χ1v) is 8.64. The highest BCUT2D eigenvalue weighted by Gasteiger charge is 2.23. The minimum atomic E-state index is 0.591. The van der Waals surface area contributed by atoms with Crippen LogP contribution in [0.2, 0.25) is 5.02 Å². The molecule has 4 heteroatoms. The van der Waals surface area contributed by atoms with Crippen LogP contribution in [-0.2, 0) is 0 Å². The summed E-state index contributed by atoms with van der Waals surface area (Å²) in [5.41, 5.74) is 0. The molecule has 2 rings (SSSR count). The summed E-state index contributed by atoms with van der Waals surface area (Å²) in [6, 6.07) is 4.39. The van der Waals surface area contributed by atoms with E-state index in [1.54, 1.807) is 11.8 Å². The topological polar surface area (TPSA) is 24.9 Å². The normalized spacial score (nSPS) is 18.4. The van der Waals surface area contributed by atoms with E-state index < -0.39 is 0 Å². The van der Waals surface area contributed by atoms with E-state index in [9.17, 15) is 0 Å². The lowest BCUT2D eigenvalue weighted by molar-refractivity contribution is 0.288. The summed E-state index contributed by atoms with van der Waals surface area (Å²) >= 11 is 7.95. The summed E-state index contributed by atoms with van der Waals surface area (Å²) in [6.07, 6.45) is 8.75. The van der Waals surface area contributed by atoms with Gasteiger partial charge < -0.3 is 5.32 Å². The third kappa shape index (κ3) is 4.66. The van der Waals surface area contributed by atoms with Gasteiger partial charge >= 0.3 is 0 Å². The van der Waals surface area contributed by atoms with Crippen LogP contribution in [0.4, 0.5) is 0 Å². The molecule has 0 amide bonds. The van der Waals surface area contributed by atoms with Gasteiger partial charge in [-0.05, 0) is 37.4 Å². The second-order valence-electron chi connectivity index (χ2n) is 5.16. The number of aromatic nitrogens is 1. The third-order valence-corrected chi connectivity index (χ3v) is 5.35. The van der Waals surface area contributed by atoms with Gasteiger partial charge in [0, 0.05) is 18.0 Å². The van der Waals surface area contributed by atoms with Crippen molar-refractivity contribution in [3.05, 3.63) is 23.4 Å². The lowest BCUT2D eigenvalue weighted by atomic mass is 9.84. The average Bonchev–Trinajstić information content (AvgIpc) is 2.46. The molecule has 1 aromatic heterocycles. The van der Waals surface area contributed by atoms with Crippen molar-refractivity contribution in [3.63, 3.8) is 0 Å². The van der Waals surface area contributed by atoms with Crippen molar-refractivity contribution in [2.45, 2.75) is 50.1 Å². The van der Waals surface area contributed by atoms with Crippen LogP contribution in [0.15, 0.2) is 23.4 Å². The highest BCUT2D eigenvalue weighted by Crippen LogP contribution is 2.31. The Morgan fingerprint density at radius 2 is 2.21 bits per heavy atom. The molecule has 1 fully saturated rings. The van der Waals surface area contributed by atoms with Crippen LogP contribution in [0.3, 0.4) is 0 Å². The van der Waals surface area contributed by atoms with E-state index in [0.717, 1.165) is 28.3 Å². The quantitative estimate of drug-likeness (QED) is 0.789. The molecular weight excluding hydrogens is 276 g/mol. The van der Waals surface area contributed by atoms with Crippen molar-refractivity contribution in [1.29, 1.82) is 0 Å². The Kier molecular flexibility index (Phi) is 6.48. The molecule has 0 aliphatic heterocycles. The molecule has 1 heterocycles. The van der Waals surface area contributed by atoms with Crippen LogP contribution in [0.5, 0.6) is 0 Å². The van der Waals surface area contributed by atoms with Crippen molar-refractivity contribution < 1.29 is 0 Å². The summed E-state index contributed by atoms with van der Waals surface area (Å²) in [5, 5.41) is 5.38. The molecule has 1 N–H and O–H groups in total. The fourth-order valence-corrected chi connectivity index (χ4v) is 4.16. The summed E-state index contributed by atoms with van der Waals surface area (Å²) in [5.74, 6) is 1.89. The fraction of sp³-hybridized carbons (Fsp3) is 0.667. The SMILES string of the molecule is CCNC(CSc1ncccc1Cl)C1CCCCC1. The van der Waals surface area contributed by atoms with E-state index >= 15 is 0 Å². The Bertz CT molecular complexity index is 380. The molecule has 2 nitrogen and oxygen atoms in total. The second-order valence-corrected chi connectivity index (χ2v) is 6.58. The molecule has 1 unspecified atom stereocenters. The Hall–Kier alpha value is -0.250. The predicted octanol–water partition coefficient (Wildman–Crippen LogP) is 4.39. The first-order valence-electron chi connectivity index (χ1n) is 7.28. The molecule has 0 aromatic carbocycles. The second kappa shape index (κ2) is 8.13. The lowest BCUT2D eigenvalue weighted by Crippen LogP contribution is -2.39. The summed E-state index contributed by atoms with van der Waals surface area (Å²) < 4.78 is 0. The molecule has 0 spiro atoms. The maximum absolute atomic E-state index is 6.17. The number of hydrogen-bond donors (Lipinski definition) is 1. The van der Waals surface area contributed by atoms with Crippen molar-refractivity contribution in [2.75, 3.05) is 12.3 Å². The zero-order valence-electron chi connectivity index (χ0n) is 11.6. The summed E-state index contributed by atoms with van der Waals surface area (Å²) in [6.45, 7) is 3.23. The number of pyridine rings is 1. The maximum Gasteiger partial charge on any atom is 0.115 e. The number of hydrogen-bond acceptors (Lipinski definition) is 3. The monoisotopic (exact) mass is 298 g/mol. The molecule has 0 saturated heterocycles. The molecule has 1 saturated carbocycles. The molecule has 0 bridgehead atoms. The van der Waals surface area contributed by atoms with Gasteiger partial charge in [0.2, 0.25) is 0 Å². The van der Waals surface area contributed by atoms with Crippen molar-refractivity contribution in [3.8, 4) is 0 Å². The predicted molar refractivity (Wildman–Crippen MR) is 84.0 cm³/mol. The smallest absolute Gasteiger partial charge is 0.115 e. The molecule has 0 radical (unpaired) electrons. The van der Waals surface area contributed by atoms with Crippen LogP contribution >= 0.6 is 23.4 Å². The zero-order chi connectivity index (χ0) is 13.5. The summed E-state index contributed by atoms with van der Waals surface area (Å²) in [4.78, 5) is 4.36. The molecule has 1 atom stereocenters. The van der Waals surface area contributed by atoms with Crippen molar-refractivity contribution in [1.82, 2.24) is 10.3 Å². The highest BCUT2D eigenvalue weighted by molar-refractivity contribution is 7.99. The standard InChI is InChI=1S/C15H23ClN2S/c1-2-17-14(12-7-4-3-5-8-12)11-19-15-13(16)9-6-10-18-15/h6,9-10,12,14,17H,2-5,7-8,11H2,1H3. The first kappa shape index (κ1) is 15.1. The average molecular weight is 299 g/mol. The van der Waals surface area contributed by atoms with Gasteiger partial charge in [-0.3, -0.25) is 0 Å². The van der Waals surface area contributed by atoms with E-state index in [0.29, 0.717) is 6.04 Å². The third-order valence-electron chi connectivity index (χ3n) is 3.81. The molecule has 106 valence electrons. The Morgan fingerprint density at radius 3 is 2.89 bits per heavy atom. The lowest BCUT2D eigenvalue weighted by Gasteiger charge is -2.30. The fourth-order valence-electron chi connectivity index (χ4n) is 2.81. The zero-order valence-corrected chi connectivity index (χ0v) is 13.1. The van der Waals surface area contributed by atoms with E-state index in [-0.39, 0.29) is 0 Å². The molecule has 19 heavy (non-hydrogen) atoms. The van der Waals surface area contributed by atoms with Gasteiger partial charge in [-0.1, -0.05) is 37.8 Å². The van der Waals surface area contributed by atoms with Gasteiger partial charge in [0.1, 0.15) is 5.03 Å². The number of rotatable bonds is 6. The van der Waals surface area contributed by atoms with Gasteiger partial charge in [0.15, 0.2) is 0 Å². The highest BCUT2D eigenvalue weighted by atomic mass is 35.5. The molecule has 1 aliphatic rings. The van der Waals surface area contributed by atoms with Gasteiger partial charge in [-0.2, -0.15) is 0 Å². The number of thioether (sulfide) groups is 1. The van der Waals surface area contributed by atoms with Crippen LogP contribution in [0.25, 0.3) is 0 Å². The van der Waals surface area contributed by atoms with Gasteiger partial charge in [0.25, 0.3) is 0 Å². The van der Waals surface area contributed by atoms with Crippen LogP contribution in [0, 0.1) is 5.92 Å². The van der Waals surface area contributed by atoms with E-state index in [1.165, 1.54) is 32.1 Å². The van der Waals surface area contributed by atoms with Gasteiger partial charge in [-0.25, -0.2) is 4.98 Å². The Morgan fingerprint density at radius 1 is 1.42 bits per heavy atom. The summed E-state index contributed by atoms with van der Waals surface area (Å²) in [7, 11) is 0. The number of nitrogens with one attached hydrogen (secondary N) is 1. The van der Waals surface area contributed by atoms with Gasteiger partial charge in [-0.15, -0.1) is 11.8 Å². The van der Waals surface area contributed by atoms with Crippen molar-refractivity contribution >= 4 is 23.4 Å². The molecule has 1 aliphatic carbocycles. The van der Waals surface area contributed by atoms with E-state index in [1.807, 2.05) is 18.3 Å². The van der Waals surface area contributed by atoms with Crippen LogP contribution in [0.1, 0.15) is 39.0 Å². The maximum atomic E-state index is 6.17. The first-order chi connectivity index (χ1) is 9.31. The minimum absolute atomic E-state index is 0.591. The largest absolute Gasteiger partial charge is 0.313 e. The molecule has 1 aromatic rings. The number of halogens is 1. The van der Waals surface area contributed by atoms with Crippen molar-refractivity contribution in [2.24, 2.45) is 5.92 Å². The molecular formula is C15H23ClN2S.